The SMILES string of the molecule is CCOC(=O)C1CCN(c2ccccc2)CC1=O. The summed E-state index contributed by atoms with van der Waals surface area (Å²) in [6.07, 6.45) is 0.534. The summed E-state index contributed by atoms with van der Waals surface area (Å²) in [6.45, 7) is 3.07. The number of carbonyl (C=O) groups is 2. The van der Waals surface area contributed by atoms with E-state index in [0.717, 1.165) is 5.69 Å². The van der Waals surface area contributed by atoms with Crippen molar-refractivity contribution in [2.75, 3.05) is 24.6 Å². The van der Waals surface area contributed by atoms with Crippen LogP contribution < -0.4 is 4.90 Å². The zero-order valence-corrected chi connectivity index (χ0v) is 10.5. The zero-order chi connectivity index (χ0) is 13.0. The highest BCUT2D eigenvalue weighted by atomic mass is 16.5. The average molecular weight is 247 g/mol. The van der Waals surface area contributed by atoms with Crippen LogP contribution in [0.25, 0.3) is 0 Å². The number of piperidine rings is 1. The van der Waals surface area contributed by atoms with Gasteiger partial charge < -0.3 is 9.64 Å². The van der Waals surface area contributed by atoms with Crippen molar-refractivity contribution in [2.24, 2.45) is 5.92 Å². The molecule has 1 aromatic rings. The van der Waals surface area contributed by atoms with Crippen LogP contribution >= 0.6 is 0 Å². The lowest BCUT2D eigenvalue weighted by Gasteiger charge is -2.31. The zero-order valence-electron chi connectivity index (χ0n) is 10.5. The van der Waals surface area contributed by atoms with Gasteiger partial charge >= 0.3 is 5.97 Å². The number of anilines is 1. The van der Waals surface area contributed by atoms with Crippen LogP contribution in [0.1, 0.15) is 13.3 Å². The van der Waals surface area contributed by atoms with Gasteiger partial charge in [-0.05, 0) is 25.5 Å². The smallest absolute Gasteiger partial charge is 0.316 e. The van der Waals surface area contributed by atoms with Crippen LogP contribution in [-0.2, 0) is 14.3 Å². The summed E-state index contributed by atoms with van der Waals surface area (Å²) >= 11 is 0. The van der Waals surface area contributed by atoms with Crippen molar-refractivity contribution in [3.05, 3.63) is 30.3 Å². The Morgan fingerprint density at radius 3 is 2.72 bits per heavy atom. The standard InChI is InChI=1S/C14H17NO3/c1-2-18-14(17)12-8-9-15(10-13(12)16)11-6-4-3-5-7-11/h3-7,12H,2,8-10H2,1H3. The van der Waals surface area contributed by atoms with E-state index in [1.54, 1.807) is 6.92 Å². The average Bonchev–Trinajstić information content (AvgIpc) is 2.40. The number of rotatable bonds is 3. The van der Waals surface area contributed by atoms with Crippen molar-refractivity contribution < 1.29 is 14.3 Å². The number of para-hydroxylation sites is 1. The van der Waals surface area contributed by atoms with Gasteiger partial charge in [-0.2, -0.15) is 0 Å². The van der Waals surface area contributed by atoms with E-state index in [0.29, 0.717) is 19.6 Å². The molecule has 0 amide bonds. The van der Waals surface area contributed by atoms with Crippen LogP contribution in [0.15, 0.2) is 30.3 Å². The molecule has 1 atom stereocenters. The maximum Gasteiger partial charge on any atom is 0.316 e. The summed E-state index contributed by atoms with van der Waals surface area (Å²) < 4.78 is 4.91. The molecule has 1 saturated heterocycles. The van der Waals surface area contributed by atoms with Crippen molar-refractivity contribution in [3.8, 4) is 0 Å². The van der Waals surface area contributed by atoms with Gasteiger partial charge in [0.15, 0.2) is 5.78 Å². The van der Waals surface area contributed by atoms with Gasteiger partial charge in [-0.1, -0.05) is 18.2 Å². The number of ether oxygens (including phenoxy) is 1. The van der Waals surface area contributed by atoms with Crippen LogP contribution in [0.3, 0.4) is 0 Å². The van der Waals surface area contributed by atoms with E-state index < -0.39 is 5.92 Å². The Hall–Kier alpha value is -1.84. The minimum absolute atomic E-state index is 0.0523. The molecule has 96 valence electrons. The molecule has 1 aliphatic rings. The molecule has 1 heterocycles. The minimum atomic E-state index is -0.579. The van der Waals surface area contributed by atoms with Gasteiger partial charge in [0, 0.05) is 12.2 Å². The molecule has 0 bridgehead atoms. The number of carbonyl (C=O) groups excluding carboxylic acids is 2. The lowest BCUT2D eigenvalue weighted by Crippen LogP contribution is -2.44. The molecule has 0 radical (unpaired) electrons. The molecule has 0 N–H and O–H groups in total. The molecular formula is C14H17NO3. The molecule has 4 heteroatoms. The molecule has 0 spiro atoms. The van der Waals surface area contributed by atoms with E-state index in [4.69, 9.17) is 4.74 Å². The Morgan fingerprint density at radius 1 is 1.39 bits per heavy atom. The number of Topliss-reactive ketones (excluding diaryl/α,β-unsaturated/α-hetero) is 1. The lowest BCUT2D eigenvalue weighted by atomic mass is 9.95. The molecule has 2 rings (SSSR count). The third-order valence-electron chi connectivity index (χ3n) is 3.12. The van der Waals surface area contributed by atoms with Crippen molar-refractivity contribution in [1.29, 1.82) is 0 Å². The van der Waals surface area contributed by atoms with E-state index in [2.05, 4.69) is 0 Å². The first-order valence-electron chi connectivity index (χ1n) is 6.21. The summed E-state index contributed by atoms with van der Waals surface area (Å²) in [7, 11) is 0. The van der Waals surface area contributed by atoms with Gasteiger partial charge in [0.2, 0.25) is 0 Å². The van der Waals surface area contributed by atoms with Crippen molar-refractivity contribution >= 4 is 17.4 Å². The van der Waals surface area contributed by atoms with Gasteiger partial charge in [0.25, 0.3) is 0 Å². The quantitative estimate of drug-likeness (QED) is 0.602. The summed E-state index contributed by atoms with van der Waals surface area (Å²) in [6, 6.07) is 9.76. The molecule has 0 aliphatic carbocycles. The highest BCUT2D eigenvalue weighted by molar-refractivity contribution is 6.02. The number of hydrogen-bond acceptors (Lipinski definition) is 4. The van der Waals surface area contributed by atoms with E-state index in [1.807, 2.05) is 35.2 Å². The molecule has 18 heavy (non-hydrogen) atoms. The Kier molecular flexibility index (Phi) is 3.97. The number of esters is 1. The van der Waals surface area contributed by atoms with Gasteiger partial charge in [0.05, 0.1) is 13.2 Å². The van der Waals surface area contributed by atoms with Gasteiger partial charge in [-0.15, -0.1) is 0 Å². The Balaban J connectivity index is 2.00. The first-order chi connectivity index (χ1) is 8.72. The fraction of sp³-hybridized carbons (Fsp3) is 0.429. The number of benzene rings is 1. The topological polar surface area (TPSA) is 46.6 Å². The van der Waals surface area contributed by atoms with Crippen LogP contribution in [0.2, 0.25) is 0 Å². The maximum atomic E-state index is 12.0. The van der Waals surface area contributed by atoms with E-state index in [-0.39, 0.29) is 18.3 Å². The molecule has 1 aromatic carbocycles. The predicted molar refractivity (Wildman–Crippen MR) is 68.4 cm³/mol. The lowest BCUT2D eigenvalue weighted by molar-refractivity contribution is -0.152. The second-order valence-corrected chi connectivity index (χ2v) is 4.32. The first kappa shape index (κ1) is 12.6. The molecule has 1 fully saturated rings. The van der Waals surface area contributed by atoms with Crippen LogP contribution in [0.5, 0.6) is 0 Å². The normalized spacial score (nSPS) is 19.7. The summed E-state index contributed by atoms with van der Waals surface area (Å²) in [5.74, 6) is -1.01. The largest absolute Gasteiger partial charge is 0.465 e. The third-order valence-corrected chi connectivity index (χ3v) is 3.12. The van der Waals surface area contributed by atoms with Gasteiger partial charge in [-0.25, -0.2) is 0 Å². The summed E-state index contributed by atoms with van der Waals surface area (Å²) in [4.78, 5) is 25.5. The highest BCUT2D eigenvalue weighted by Crippen LogP contribution is 2.21. The van der Waals surface area contributed by atoms with E-state index in [9.17, 15) is 9.59 Å². The Morgan fingerprint density at radius 2 is 2.11 bits per heavy atom. The van der Waals surface area contributed by atoms with Crippen molar-refractivity contribution in [2.45, 2.75) is 13.3 Å². The molecule has 0 aromatic heterocycles. The number of hydrogen-bond donors (Lipinski definition) is 0. The third kappa shape index (κ3) is 2.70. The predicted octanol–water partition coefficient (Wildman–Crippen LogP) is 1.65. The first-order valence-corrected chi connectivity index (χ1v) is 6.21. The fourth-order valence-corrected chi connectivity index (χ4v) is 2.17. The second kappa shape index (κ2) is 5.67. The maximum absolute atomic E-state index is 12.0. The van der Waals surface area contributed by atoms with Crippen LogP contribution in [-0.4, -0.2) is 31.4 Å². The molecule has 1 aliphatic heterocycles. The molecular weight excluding hydrogens is 230 g/mol. The highest BCUT2D eigenvalue weighted by Gasteiger charge is 2.33. The van der Waals surface area contributed by atoms with Gasteiger partial charge in [0.1, 0.15) is 5.92 Å². The second-order valence-electron chi connectivity index (χ2n) is 4.32. The number of ketones is 1. The molecule has 1 unspecified atom stereocenters. The van der Waals surface area contributed by atoms with Crippen molar-refractivity contribution in [3.63, 3.8) is 0 Å². The van der Waals surface area contributed by atoms with E-state index in [1.165, 1.54) is 0 Å². The van der Waals surface area contributed by atoms with Crippen molar-refractivity contribution in [1.82, 2.24) is 0 Å². The summed E-state index contributed by atoms with van der Waals surface area (Å²) in [5, 5.41) is 0. The Labute approximate surface area is 107 Å². The van der Waals surface area contributed by atoms with Crippen LogP contribution in [0.4, 0.5) is 5.69 Å². The number of nitrogens with zero attached hydrogens (tertiary/aromatic N) is 1. The minimum Gasteiger partial charge on any atom is -0.465 e. The van der Waals surface area contributed by atoms with Crippen LogP contribution in [0, 0.1) is 5.92 Å². The monoisotopic (exact) mass is 247 g/mol. The molecule has 0 saturated carbocycles. The summed E-state index contributed by atoms with van der Waals surface area (Å²) in [5.41, 5.74) is 1.02. The van der Waals surface area contributed by atoms with E-state index >= 15 is 0 Å². The fourth-order valence-electron chi connectivity index (χ4n) is 2.17. The Bertz CT molecular complexity index is 430. The molecule has 4 nitrogen and oxygen atoms in total. The van der Waals surface area contributed by atoms with Gasteiger partial charge in [-0.3, -0.25) is 9.59 Å².